The normalized spacial score (nSPS) is 45.6. The molecule has 0 aromatic carbocycles. The second kappa shape index (κ2) is 10.3. The van der Waals surface area contributed by atoms with Crippen LogP contribution in [-0.4, -0.2) is 46.8 Å². The van der Waals surface area contributed by atoms with E-state index in [9.17, 15) is 19.8 Å². The number of esters is 1. The van der Waals surface area contributed by atoms with Gasteiger partial charge in [-0.3, -0.25) is 9.59 Å². The average molecular weight is 528 g/mol. The molecular weight excluding hydrogens is 478 g/mol. The molecule has 4 N–H and O–H groups in total. The third kappa shape index (κ3) is 4.45. The first kappa shape index (κ1) is 29.2. The maximum Gasteiger partial charge on any atom is 0.303 e. The van der Waals surface area contributed by atoms with Crippen LogP contribution in [0.15, 0.2) is 34.9 Å². The van der Waals surface area contributed by atoms with Gasteiger partial charge in [-0.2, -0.15) is 0 Å². The molecule has 0 amide bonds. The Balaban J connectivity index is 1.85. The summed E-state index contributed by atoms with van der Waals surface area (Å²) < 4.78 is 5.95. The van der Waals surface area contributed by atoms with Gasteiger partial charge in [0.1, 0.15) is 6.10 Å². The summed E-state index contributed by atoms with van der Waals surface area (Å²) in [6.45, 7) is 14.4. The maximum atomic E-state index is 13.0. The summed E-state index contributed by atoms with van der Waals surface area (Å²) in [6.07, 6.45) is 8.92. The quantitative estimate of drug-likeness (QED) is 0.267. The van der Waals surface area contributed by atoms with Crippen LogP contribution in [-0.2, 0) is 14.3 Å². The van der Waals surface area contributed by atoms with Crippen LogP contribution < -0.4 is 5.73 Å². The highest BCUT2D eigenvalue weighted by atomic mass is 16.5. The van der Waals surface area contributed by atoms with Crippen molar-refractivity contribution in [2.75, 3.05) is 6.54 Å². The van der Waals surface area contributed by atoms with E-state index < -0.39 is 12.2 Å². The first-order valence-corrected chi connectivity index (χ1v) is 14.5. The molecule has 0 aromatic rings. The van der Waals surface area contributed by atoms with E-state index >= 15 is 0 Å². The molecule has 0 spiro atoms. The van der Waals surface area contributed by atoms with Crippen molar-refractivity contribution >= 4 is 11.8 Å². The van der Waals surface area contributed by atoms with Crippen LogP contribution >= 0.6 is 0 Å². The fourth-order valence-corrected chi connectivity index (χ4v) is 9.73. The SMILES string of the molecule is CC(=O)O[C@H]1C[C@@]2(C)[C@@H](C[C@@H](O)[C@H]3[C@@]4(C)CC[C@@H](O)[C@@H](CN)[C@@H]4CC[C@@]32C)/C1=C(\C=C/C=C(C)C)C(C)=O. The molecule has 0 saturated heterocycles. The molecule has 212 valence electrons. The minimum atomic E-state index is -0.555. The first-order chi connectivity index (χ1) is 17.7. The van der Waals surface area contributed by atoms with Crippen molar-refractivity contribution in [1.82, 2.24) is 0 Å². The summed E-state index contributed by atoms with van der Waals surface area (Å²) in [5.41, 5.74) is 8.16. The third-order valence-corrected chi connectivity index (χ3v) is 11.4. The van der Waals surface area contributed by atoms with Crippen molar-refractivity contribution in [2.24, 2.45) is 45.7 Å². The van der Waals surface area contributed by atoms with E-state index in [1.54, 1.807) is 6.92 Å². The number of carbonyl (C=O) groups excluding carboxylic acids is 2. The van der Waals surface area contributed by atoms with Crippen molar-refractivity contribution < 1.29 is 24.5 Å². The number of fused-ring (bicyclic) bond motifs is 5. The molecule has 0 unspecified atom stereocenters. The van der Waals surface area contributed by atoms with Crippen LogP contribution in [0, 0.1) is 39.9 Å². The summed E-state index contributed by atoms with van der Waals surface area (Å²) in [5, 5.41) is 22.8. The smallest absolute Gasteiger partial charge is 0.303 e. The second-order valence-corrected chi connectivity index (χ2v) is 13.7. The van der Waals surface area contributed by atoms with Gasteiger partial charge in [0.2, 0.25) is 0 Å². The molecule has 10 atom stereocenters. The van der Waals surface area contributed by atoms with E-state index in [0.29, 0.717) is 31.4 Å². The van der Waals surface area contributed by atoms with Gasteiger partial charge >= 0.3 is 5.97 Å². The number of nitrogens with two attached hydrogens (primary N) is 1. The van der Waals surface area contributed by atoms with Gasteiger partial charge in [0.25, 0.3) is 0 Å². The third-order valence-electron chi connectivity index (χ3n) is 11.4. The molecule has 6 nitrogen and oxygen atoms in total. The number of allylic oxidation sites excluding steroid dienone is 5. The van der Waals surface area contributed by atoms with Gasteiger partial charge in [-0.1, -0.05) is 44.6 Å². The monoisotopic (exact) mass is 527 g/mol. The Hall–Kier alpha value is -1.76. The largest absolute Gasteiger partial charge is 0.458 e. The van der Waals surface area contributed by atoms with E-state index in [4.69, 9.17) is 10.5 Å². The fraction of sp³-hybridized carbons (Fsp3) is 0.750. The zero-order chi connectivity index (χ0) is 28.2. The minimum absolute atomic E-state index is 0.0378. The lowest BCUT2D eigenvalue weighted by Crippen LogP contribution is -2.66. The molecule has 6 heteroatoms. The van der Waals surface area contributed by atoms with Gasteiger partial charge in [0.05, 0.1) is 12.2 Å². The first-order valence-electron chi connectivity index (χ1n) is 14.5. The number of ketones is 1. The standard InChI is InChI=1S/C32H49NO5/c1-18(2)9-8-10-21(19(3)34)28-24-15-26(37)29-30(5)13-12-25(36)22(17-33)23(30)11-14-31(29,6)32(24,7)16-27(28)38-20(4)35/h8-10,22-27,29,36-37H,11-17,33H2,1-7H3/b10-8-,28-21-/t22-,23-,24-,25+,26+,27-,29-,30-,31-,32-/m0/s1. The average Bonchev–Trinajstić information content (AvgIpc) is 3.08. The highest BCUT2D eigenvalue weighted by Crippen LogP contribution is 2.74. The van der Waals surface area contributed by atoms with Crippen LogP contribution in [0.5, 0.6) is 0 Å². The number of rotatable bonds is 5. The Morgan fingerprint density at radius 1 is 1.03 bits per heavy atom. The molecule has 38 heavy (non-hydrogen) atoms. The van der Waals surface area contributed by atoms with Crippen LogP contribution in [0.1, 0.15) is 87.0 Å². The predicted molar refractivity (Wildman–Crippen MR) is 149 cm³/mol. The molecule has 4 rings (SSSR count). The summed E-state index contributed by atoms with van der Waals surface area (Å²) >= 11 is 0. The van der Waals surface area contributed by atoms with Crippen molar-refractivity contribution in [3.63, 3.8) is 0 Å². The molecule has 0 aromatic heterocycles. The Kier molecular flexibility index (Phi) is 7.95. The number of hydrogen-bond donors (Lipinski definition) is 3. The van der Waals surface area contributed by atoms with E-state index in [1.807, 2.05) is 32.1 Å². The molecule has 0 heterocycles. The lowest BCUT2D eigenvalue weighted by atomic mass is 9.36. The Morgan fingerprint density at radius 3 is 2.29 bits per heavy atom. The van der Waals surface area contributed by atoms with Crippen LogP contribution in [0.3, 0.4) is 0 Å². The van der Waals surface area contributed by atoms with Gasteiger partial charge in [0, 0.05) is 18.4 Å². The van der Waals surface area contributed by atoms with Gasteiger partial charge < -0.3 is 20.7 Å². The van der Waals surface area contributed by atoms with E-state index in [0.717, 1.165) is 30.4 Å². The van der Waals surface area contributed by atoms with E-state index in [-0.39, 0.29) is 57.8 Å². The minimum Gasteiger partial charge on any atom is -0.458 e. The molecular formula is C32H49NO5. The summed E-state index contributed by atoms with van der Waals surface area (Å²) in [7, 11) is 0. The number of aliphatic hydroxyl groups is 2. The predicted octanol–water partition coefficient (Wildman–Crippen LogP) is 4.89. The van der Waals surface area contributed by atoms with Crippen molar-refractivity contribution in [1.29, 1.82) is 0 Å². The Bertz CT molecular complexity index is 1060. The zero-order valence-electron chi connectivity index (χ0n) is 24.4. The van der Waals surface area contributed by atoms with Crippen LogP contribution in [0.25, 0.3) is 0 Å². The Morgan fingerprint density at radius 2 is 1.71 bits per heavy atom. The molecule has 0 aliphatic heterocycles. The number of ether oxygens (including phenoxy) is 1. The highest BCUT2D eigenvalue weighted by molar-refractivity contribution is 5.97. The molecule has 0 bridgehead atoms. The maximum absolute atomic E-state index is 13.0. The van der Waals surface area contributed by atoms with E-state index in [1.165, 1.54) is 6.92 Å². The van der Waals surface area contributed by atoms with Gasteiger partial charge in [-0.25, -0.2) is 0 Å². The molecule has 4 aliphatic rings. The highest BCUT2D eigenvalue weighted by Gasteiger charge is 2.70. The molecule has 4 fully saturated rings. The number of hydrogen-bond acceptors (Lipinski definition) is 6. The fourth-order valence-electron chi connectivity index (χ4n) is 9.73. The number of carbonyl (C=O) groups is 2. The molecule has 4 aliphatic carbocycles. The van der Waals surface area contributed by atoms with Gasteiger partial charge in [0.15, 0.2) is 5.78 Å². The summed E-state index contributed by atoms with van der Waals surface area (Å²) in [4.78, 5) is 25.3. The number of aliphatic hydroxyl groups excluding tert-OH is 2. The van der Waals surface area contributed by atoms with Crippen molar-refractivity contribution in [3.05, 3.63) is 34.9 Å². The summed E-state index contributed by atoms with van der Waals surface area (Å²) in [6, 6.07) is 0. The Labute approximate surface area is 228 Å². The van der Waals surface area contributed by atoms with Crippen LogP contribution in [0.2, 0.25) is 0 Å². The van der Waals surface area contributed by atoms with Gasteiger partial charge in [-0.15, -0.1) is 0 Å². The van der Waals surface area contributed by atoms with Crippen molar-refractivity contribution in [2.45, 2.75) is 105 Å². The van der Waals surface area contributed by atoms with Gasteiger partial charge in [-0.05, 0) is 105 Å². The van der Waals surface area contributed by atoms with Crippen molar-refractivity contribution in [3.8, 4) is 0 Å². The summed E-state index contributed by atoms with van der Waals surface area (Å²) in [5.74, 6) is -0.118. The topological polar surface area (TPSA) is 110 Å². The van der Waals surface area contributed by atoms with E-state index in [2.05, 4.69) is 20.8 Å². The molecule has 0 radical (unpaired) electrons. The second-order valence-electron chi connectivity index (χ2n) is 13.7. The lowest BCUT2D eigenvalue weighted by Gasteiger charge is -2.69. The molecule has 4 saturated carbocycles. The van der Waals surface area contributed by atoms with Crippen LogP contribution in [0.4, 0.5) is 0 Å². The zero-order valence-corrected chi connectivity index (χ0v) is 24.4. The lowest BCUT2D eigenvalue weighted by molar-refractivity contribution is -0.234. The number of Topliss-reactive ketones (excluding diaryl/α,β-unsaturated/α-hetero) is 1.